The van der Waals surface area contributed by atoms with Crippen LogP contribution in [0, 0.1) is 11.8 Å². The highest BCUT2D eigenvalue weighted by Crippen LogP contribution is 2.39. The van der Waals surface area contributed by atoms with Gasteiger partial charge >= 0.3 is 5.97 Å². The Balaban J connectivity index is 1.96. The number of carboxylic acids is 1. The Morgan fingerprint density at radius 1 is 1.38 bits per heavy atom. The second-order valence-electron chi connectivity index (χ2n) is 5.23. The van der Waals surface area contributed by atoms with E-state index in [-0.39, 0.29) is 18.1 Å². The van der Waals surface area contributed by atoms with Crippen molar-refractivity contribution in [3.63, 3.8) is 0 Å². The zero-order valence-electron chi connectivity index (χ0n) is 10.0. The summed E-state index contributed by atoms with van der Waals surface area (Å²) in [7, 11) is 0. The molecule has 0 aromatic heterocycles. The van der Waals surface area contributed by atoms with Gasteiger partial charge in [0.2, 0.25) is 0 Å². The highest BCUT2D eigenvalue weighted by molar-refractivity contribution is 5.71. The van der Waals surface area contributed by atoms with E-state index in [1.165, 1.54) is 25.7 Å². The third kappa shape index (κ3) is 2.40. The van der Waals surface area contributed by atoms with E-state index in [0.29, 0.717) is 5.92 Å². The second kappa shape index (κ2) is 5.17. The standard InChI is InChI=1S/C13H22O3/c1-2-5-11-10(13(14)15)8-12(16-11)9-6-3-4-7-9/h9-12H,2-8H2,1H3,(H,14,15). The van der Waals surface area contributed by atoms with Gasteiger partial charge < -0.3 is 9.84 Å². The molecule has 3 nitrogen and oxygen atoms in total. The van der Waals surface area contributed by atoms with Gasteiger partial charge in [0.25, 0.3) is 0 Å². The first-order valence-corrected chi connectivity index (χ1v) is 6.60. The molecule has 1 saturated carbocycles. The number of rotatable bonds is 4. The van der Waals surface area contributed by atoms with Gasteiger partial charge in [-0.2, -0.15) is 0 Å². The Hall–Kier alpha value is -0.570. The molecule has 1 saturated heterocycles. The van der Waals surface area contributed by atoms with Gasteiger partial charge in [-0.1, -0.05) is 26.2 Å². The van der Waals surface area contributed by atoms with E-state index < -0.39 is 5.97 Å². The fraction of sp³-hybridized carbons (Fsp3) is 0.923. The van der Waals surface area contributed by atoms with Crippen LogP contribution in [-0.4, -0.2) is 23.3 Å². The maximum atomic E-state index is 11.2. The molecule has 3 unspecified atom stereocenters. The molecule has 2 aliphatic rings. The minimum atomic E-state index is -0.668. The maximum Gasteiger partial charge on any atom is 0.309 e. The Labute approximate surface area is 97.2 Å². The van der Waals surface area contributed by atoms with Crippen molar-refractivity contribution in [3.8, 4) is 0 Å². The van der Waals surface area contributed by atoms with Crippen molar-refractivity contribution in [2.24, 2.45) is 11.8 Å². The molecule has 0 bridgehead atoms. The van der Waals surface area contributed by atoms with Crippen LogP contribution >= 0.6 is 0 Å². The monoisotopic (exact) mass is 226 g/mol. The van der Waals surface area contributed by atoms with Gasteiger partial charge in [-0.05, 0) is 31.6 Å². The number of hydrogen-bond donors (Lipinski definition) is 1. The third-order valence-electron chi connectivity index (χ3n) is 4.10. The number of ether oxygens (including phenoxy) is 1. The summed E-state index contributed by atoms with van der Waals surface area (Å²) in [5, 5.41) is 9.19. The molecule has 16 heavy (non-hydrogen) atoms. The van der Waals surface area contributed by atoms with Crippen molar-refractivity contribution in [2.75, 3.05) is 0 Å². The minimum Gasteiger partial charge on any atom is -0.481 e. The predicted molar refractivity (Wildman–Crippen MR) is 61.3 cm³/mol. The molecule has 0 aromatic carbocycles. The van der Waals surface area contributed by atoms with Gasteiger partial charge in [0.05, 0.1) is 18.1 Å². The molecule has 2 rings (SSSR count). The third-order valence-corrected chi connectivity index (χ3v) is 4.10. The first kappa shape index (κ1) is 11.9. The van der Waals surface area contributed by atoms with E-state index in [1.54, 1.807) is 0 Å². The molecule has 1 N–H and O–H groups in total. The first-order chi connectivity index (χ1) is 7.72. The lowest BCUT2D eigenvalue weighted by atomic mass is 9.91. The molecule has 0 amide bonds. The van der Waals surface area contributed by atoms with E-state index in [4.69, 9.17) is 4.74 Å². The summed E-state index contributed by atoms with van der Waals surface area (Å²) in [4.78, 5) is 11.2. The van der Waals surface area contributed by atoms with Gasteiger partial charge in [0.15, 0.2) is 0 Å². The summed E-state index contributed by atoms with van der Waals surface area (Å²) >= 11 is 0. The molecule has 92 valence electrons. The molecule has 2 fully saturated rings. The highest BCUT2D eigenvalue weighted by atomic mass is 16.5. The van der Waals surface area contributed by atoms with Crippen LogP contribution < -0.4 is 0 Å². The van der Waals surface area contributed by atoms with Crippen molar-refractivity contribution in [1.29, 1.82) is 0 Å². The molecule has 3 atom stereocenters. The van der Waals surface area contributed by atoms with Gasteiger partial charge in [-0.15, -0.1) is 0 Å². The van der Waals surface area contributed by atoms with E-state index in [1.807, 2.05) is 0 Å². The summed E-state index contributed by atoms with van der Waals surface area (Å²) in [5.74, 6) is -0.298. The van der Waals surface area contributed by atoms with Crippen molar-refractivity contribution in [2.45, 2.75) is 64.1 Å². The lowest BCUT2D eigenvalue weighted by Crippen LogP contribution is -2.23. The summed E-state index contributed by atoms with van der Waals surface area (Å²) in [6, 6.07) is 0. The summed E-state index contributed by atoms with van der Waals surface area (Å²) in [5.41, 5.74) is 0. The van der Waals surface area contributed by atoms with Crippen LogP contribution in [0.1, 0.15) is 51.9 Å². The number of carboxylic acid groups (broad SMARTS) is 1. The molecular formula is C13H22O3. The summed E-state index contributed by atoms with van der Waals surface area (Å²) in [6.45, 7) is 2.09. The maximum absolute atomic E-state index is 11.2. The van der Waals surface area contributed by atoms with Crippen molar-refractivity contribution < 1.29 is 14.6 Å². The SMILES string of the molecule is CCCC1OC(C2CCCC2)CC1C(=O)O. The van der Waals surface area contributed by atoms with Crippen LogP contribution in [0.25, 0.3) is 0 Å². The van der Waals surface area contributed by atoms with Gasteiger partial charge in [-0.3, -0.25) is 4.79 Å². The van der Waals surface area contributed by atoms with E-state index >= 15 is 0 Å². The predicted octanol–water partition coefficient (Wildman–Crippen LogP) is 2.84. The van der Waals surface area contributed by atoms with E-state index in [2.05, 4.69) is 6.92 Å². The second-order valence-corrected chi connectivity index (χ2v) is 5.23. The van der Waals surface area contributed by atoms with E-state index in [0.717, 1.165) is 19.3 Å². The zero-order chi connectivity index (χ0) is 11.5. The zero-order valence-corrected chi connectivity index (χ0v) is 10.0. The molecule has 0 spiro atoms. The normalized spacial score (nSPS) is 35.7. The first-order valence-electron chi connectivity index (χ1n) is 6.60. The molecule has 1 aliphatic heterocycles. The fourth-order valence-corrected chi connectivity index (χ4v) is 3.22. The van der Waals surface area contributed by atoms with E-state index in [9.17, 15) is 9.90 Å². The van der Waals surface area contributed by atoms with Crippen LogP contribution in [0.4, 0.5) is 0 Å². The van der Waals surface area contributed by atoms with Crippen LogP contribution in [-0.2, 0) is 9.53 Å². The molecule has 3 heteroatoms. The quantitative estimate of drug-likeness (QED) is 0.801. The van der Waals surface area contributed by atoms with Crippen molar-refractivity contribution in [3.05, 3.63) is 0 Å². The van der Waals surface area contributed by atoms with Crippen LogP contribution in [0.5, 0.6) is 0 Å². The average Bonchev–Trinajstić information content (AvgIpc) is 2.83. The van der Waals surface area contributed by atoms with Crippen LogP contribution in [0.3, 0.4) is 0 Å². The lowest BCUT2D eigenvalue weighted by Gasteiger charge is -2.18. The number of aliphatic carboxylic acids is 1. The fourth-order valence-electron chi connectivity index (χ4n) is 3.22. The molecule has 1 heterocycles. The van der Waals surface area contributed by atoms with Gasteiger partial charge in [0, 0.05) is 0 Å². The Kier molecular flexibility index (Phi) is 3.85. The summed E-state index contributed by atoms with van der Waals surface area (Å²) in [6.07, 6.45) is 7.87. The topological polar surface area (TPSA) is 46.5 Å². The lowest BCUT2D eigenvalue weighted by molar-refractivity contribution is -0.143. The summed E-state index contributed by atoms with van der Waals surface area (Å²) < 4.78 is 5.98. The van der Waals surface area contributed by atoms with Crippen molar-refractivity contribution in [1.82, 2.24) is 0 Å². The molecule has 0 radical (unpaired) electrons. The Morgan fingerprint density at radius 3 is 2.62 bits per heavy atom. The Bertz CT molecular complexity index is 246. The van der Waals surface area contributed by atoms with Crippen molar-refractivity contribution >= 4 is 5.97 Å². The van der Waals surface area contributed by atoms with Crippen LogP contribution in [0.2, 0.25) is 0 Å². The van der Waals surface area contributed by atoms with Crippen LogP contribution in [0.15, 0.2) is 0 Å². The van der Waals surface area contributed by atoms with Gasteiger partial charge in [-0.25, -0.2) is 0 Å². The smallest absolute Gasteiger partial charge is 0.309 e. The van der Waals surface area contributed by atoms with Gasteiger partial charge in [0.1, 0.15) is 0 Å². The minimum absolute atomic E-state index is 0.0342. The molecule has 0 aromatic rings. The average molecular weight is 226 g/mol. The largest absolute Gasteiger partial charge is 0.481 e. The molecule has 1 aliphatic carbocycles. The number of hydrogen-bond acceptors (Lipinski definition) is 2. The number of carbonyl (C=O) groups is 1. The molecular weight excluding hydrogens is 204 g/mol. The Morgan fingerprint density at radius 2 is 2.06 bits per heavy atom. The highest BCUT2D eigenvalue weighted by Gasteiger charge is 2.42.